The number of fused-ring (bicyclic) bond motifs is 1. The van der Waals surface area contributed by atoms with Gasteiger partial charge >= 0.3 is 0 Å². The molecular formula is C15H17F2N3O. The predicted molar refractivity (Wildman–Crippen MR) is 78.2 cm³/mol. The van der Waals surface area contributed by atoms with Crippen molar-refractivity contribution in [3.8, 4) is 0 Å². The average Bonchev–Trinajstić information content (AvgIpc) is 2.47. The maximum Gasteiger partial charge on any atom is 0.241 e. The molecule has 21 heavy (non-hydrogen) atoms. The molecule has 1 aromatic carbocycles. The monoisotopic (exact) mass is 293 g/mol. The van der Waals surface area contributed by atoms with Gasteiger partial charge < -0.3 is 10.2 Å². The van der Waals surface area contributed by atoms with Gasteiger partial charge in [0.2, 0.25) is 5.91 Å². The summed E-state index contributed by atoms with van der Waals surface area (Å²) in [5.41, 5.74) is 1.08. The Hall–Kier alpha value is -2.24. The van der Waals surface area contributed by atoms with Crippen molar-refractivity contribution in [2.45, 2.75) is 13.8 Å². The van der Waals surface area contributed by atoms with Crippen LogP contribution in [0.2, 0.25) is 0 Å². The molecule has 0 atom stereocenters. The molecule has 0 fully saturated rings. The molecule has 112 valence electrons. The highest BCUT2D eigenvalue weighted by Crippen LogP contribution is 2.26. The van der Waals surface area contributed by atoms with Crippen molar-refractivity contribution in [1.82, 2.24) is 9.88 Å². The number of carbonyl (C=O) groups is 1. The van der Waals surface area contributed by atoms with E-state index in [1.165, 1.54) is 6.07 Å². The van der Waals surface area contributed by atoms with E-state index in [1.54, 1.807) is 24.9 Å². The number of benzene rings is 1. The Labute approximate surface area is 121 Å². The maximum atomic E-state index is 13.8. The number of halogens is 2. The van der Waals surface area contributed by atoms with Gasteiger partial charge in [-0.05, 0) is 32.0 Å². The van der Waals surface area contributed by atoms with Crippen LogP contribution in [0.4, 0.5) is 14.5 Å². The number of nitrogens with one attached hydrogen (secondary N) is 1. The lowest BCUT2D eigenvalue weighted by molar-refractivity contribution is -0.127. The number of rotatable bonds is 4. The van der Waals surface area contributed by atoms with Crippen LogP contribution in [-0.4, -0.2) is 35.9 Å². The van der Waals surface area contributed by atoms with Crippen molar-refractivity contribution < 1.29 is 13.6 Å². The SMILES string of the molecule is CCN(C)C(=O)CNc1cc(C)nc2c(F)c(F)ccc12. The number of nitrogens with zero attached hydrogens (tertiary/aromatic N) is 2. The van der Waals surface area contributed by atoms with Crippen LogP contribution in [0.3, 0.4) is 0 Å². The molecule has 0 bridgehead atoms. The summed E-state index contributed by atoms with van der Waals surface area (Å²) < 4.78 is 27.1. The third-order valence-corrected chi connectivity index (χ3v) is 3.33. The zero-order valence-electron chi connectivity index (χ0n) is 12.2. The van der Waals surface area contributed by atoms with Crippen LogP contribution in [0.5, 0.6) is 0 Å². The van der Waals surface area contributed by atoms with E-state index >= 15 is 0 Å². The van der Waals surface area contributed by atoms with E-state index in [2.05, 4.69) is 10.3 Å². The minimum absolute atomic E-state index is 0.0335. The van der Waals surface area contributed by atoms with Gasteiger partial charge in [-0.25, -0.2) is 13.8 Å². The van der Waals surface area contributed by atoms with E-state index in [4.69, 9.17) is 0 Å². The number of aromatic nitrogens is 1. The number of likely N-dealkylation sites (N-methyl/N-ethyl adjacent to an activating group) is 1. The van der Waals surface area contributed by atoms with E-state index in [9.17, 15) is 13.6 Å². The molecule has 1 amide bonds. The average molecular weight is 293 g/mol. The van der Waals surface area contributed by atoms with Crippen molar-refractivity contribution in [2.75, 3.05) is 25.5 Å². The smallest absolute Gasteiger partial charge is 0.241 e. The van der Waals surface area contributed by atoms with Gasteiger partial charge in [0.1, 0.15) is 5.52 Å². The lowest BCUT2D eigenvalue weighted by Crippen LogP contribution is -2.31. The molecule has 0 aliphatic heterocycles. The standard InChI is InChI=1S/C15H17F2N3O/c1-4-20(3)13(21)8-18-12-7-9(2)19-15-10(12)5-6-11(16)14(15)17/h5-7H,4,8H2,1-3H3,(H,18,19). The Bertz CT molecular complexity index is 688. The van der Waals surface area contributed by atoms with Crippen LogP contribution in [0.15, 0.2) is 18.2 Å². The van der Waals surface area contributed by atoms with E-state index in [0.29, 0.717) is 23.3 Å². The molecule has 2 aromatic rings. The Morgan fingerprint density at radius 2 is 2.10 bits per heavy atom. The summed E-state index contributed by atoms with van der Waals surface area (Å²) in [6, 6.07) is 4.22. The number of hydrogen-bond donors (Lipinski definition) is 1. The molecule has 1 aromatic heterocycles. The van der Waals surface area contributed by atoms with Gasteiger partial charge in [0.25, 0.3) is 0 Å². The quantitative estimate of drug-likeness (QED) is 0.942. The third kappa shape index (κ3) is 3.09. The second kappa shape index (κ2) is 6.03. The number of aryl methyl sites for hydroxylation is 1. The number of pyridine rings is 1. The van der Waals surface area contributed by atoms with Crippen molar-refractivity contribution in [3.63, 3.8) is 0 Å². The first-order valence-electron chi connectivity index (χ1n) is 6.67. The minimum Gasteiger partial charge on any atom is -0.376 e. The highest BCUT2D eigenvalue weighted by Gasteiger charge is 2.13. The summed E-state index contributed by atoms with van der Waals surface area (Å²) in [5.74, 6) is -1.99. The van der Waals surface area contributed by atoms with Gasteiger partial charge in [-0.1, -0.05) is 0 Å². The van der Waals surface area contributed by atoms with E-state index in [0.717, 1.165) is 6.07 Å². The fraction of sp³-hybridized carbons (Fsp3) is 0.333. The van der Waals surface area contributed by atoms with Gasteiger partial charge in [-0.15, -0.1) is 0 Å². The molecule has 0 aliphatic rings. The number of hydrogen-bond acceptors (Lipinski definition) is 3. The van der Waals surface area contributed by atoms with E-state index in [-0.39, 0.29) is 18.0 Å². The van der Waals surface area contributed by atoms with Crippen molar-refractivity contribution in [2.24, 2.45) is 0 Å². The zero-order chi connectivity index (χ0) is 15.6. The molecule has 6 heteroatoms. The maximum absolute atomic E-state index is 13.8. The van der Waals surface area contributed by atoms with Gasteiger partial charge in [-0.3, -0.25) is 4.79 Å². The largest absolute Gasteiger partial charge is 0.376 e. The summed E-state index contributed by atoms with van der Waals surface area (Å²) in [4.78, 5) is 17.4. The molecule has 0 unspecified atom stereocenters. The predicted octanol–water partition coefficient (Wildman–Crippen LogP) is 2.71. The lowest BCUT2D eigenvalue weighted by Gasteiger charge is -2.16. The third-order valence-electron chi connectivity index (χ3n) is 3.33. The van der Waals surface area contributed by atoms with Crippen LogP contribution in [0.1, 0.15) is 12.6 Å². The molecular weight excluding hydrogens is 276 g/mol. The second-order valence-electron chi connectivity index (χ2n) is 4.83. The lowest BCUT2D eigenvalue weighted by atomic mass is 10.1. The summed E-state index contributed by atoms with van der Waals surface area (Å²) in [6.07, 6.45) is 0. The highest BCUT2D eigenvalue weighted by molar-refractivity contribution is 5.93. The molecule has 2 rings (SSSR count). The molecule has 0 saturated heterocycles. The molecule has 1 N–H and O–H groups in total. The summed E-state index contributed by atoms with van der Waals surface area (Å²) >= 11 is 0. The Kier molecular flexibility index (Phi) is 4.35. The Morgan fingerprint density at radius 3 is 2.76 bits per heavy atom. The van der Waals surface area contributed by atoms with Gasteiger partial charge in [0.05, 0.1) is 6.54 Å². The molecule has 0 saturated carbocycles. The minimum atomic E-state index is -0.976. The fourth-order valence-electron chi connectivity index (χ4n) is 1.99. The first-order chi connectivity index (χ1) is 9.93. The Balaban J connectivity index is 2.36. The molecule has 0 aliphatic carbocycles. The van der Waals surface area contributed by atoms with Gasteiger partial charge in [-0.2, -0.15) is 0 Å². The topological polar surface area (TPSA) is 45.2 Å². The van der Waals surface area contributed by atoms with Crippen molar-refractivity contribution in [1.29, 1.82) is 0 Å². The van der Waals surface area contributed by atoms with Crippen molar-refractivity contribution in [3.05, 3.63) is 35.5 Å². The summed E-state index contributed by atoms with van der Waals surface area (Å²) in [7, 11) is 1.70. The van der Waals surface area contributed by atoms with Crippen LogP contribution in [0.25, 0.3) is 10.9 Å². The van der Waals surface area contributed by atoms with Crippen LogP contribution in [-0.2, 0) is 4.79 Å². The first kappa shape index (κ1) is 15.2. The van der Waals surface area contributed by atoms with E-state index < -0.39 is 11.6 Å². The summed E-state index contributed by atoms with van der Waals surface area (Å²) in [5, 5.41) is 3.42. The molecule has 4 nitrogen and oxygen atoms in total. The fourth-order valence-corrected chi connectivity index (χ4v) is 1.99. The molecule has 0 spiro atoms. The highest BCUT2D eigenvalue weighted by atomic mass is 19.2. The zero-order valence-corrected chi connectivity index (χ0v) is 12.2. The Morgan fingerprint density at radius 1 is 1.38 bits per heavy atom. The van der Waals surface area contributed by atoms with Gasteiger partial charge in [0, 0.05) is 30.4 Å². The normalized spacial score (nSPS) is 10.7. The number of anilines is 1. The number of carbonyl (C=O) groups excluding carboxylic acids is 1. The number of amides is 1. The second-order valence-corrected chi connectivity index (χ2v) is 4.83. The first-order valence-corrected chi connectivity index (χ1v) is 6.67. The van der Waals surface area contributed by atoms with Crippen molar-refractivity contribution >= 4 is 22.5 Å². The van der Waals surface area contributed by atoms with E-state index in [1.807, 2.05) is 6.92 Å². The van der Waals surface area contributed by atoms with Gasteiger partial charge in [0.15, 0.2) is 11.6 Å². The molecule has 0 radical (unpaired) electrons. The van der Waals surface area contributed by atoms with Crippen LogP contribution < -0.4 is 5.32 Å². The van der Waals surface area contributed by atoms with Crippen LogP contribution >= 0.6 is 0 Å². The summed E-state index contributed by atoms with van der Waals surface area (Å²) in [6.45, 7) is 4.26. The van der Waals surface area contributed by atoms with Crippen LogP contribution in [0, 0.1) is 18.6 Å². The molecule has 1 heterocycles.